The molecule has 2 aliphatic heterocycles. The van der Waals surface area contributed by atoms with Crippen LogP contribution in [0.15, 0.2) is 18.2 Å². The Balaban J connectivity index is 1.79. The number of nitrogens with zero attached hydrogens (tertiary/aromatic N) is 2. The first-order valence-corrected chi connectivity index (χ1v) is 7.01. The summed E-state index contributed by atoms with van der Waals surface area (Å²) in [5, 5.41) is 3.51. The van der Waals surface area contributed by atoms with Crippen molar-refractivity contribution in [1.29, 1.82) is 0 Å². The van der Waals surface area contributed by atoms with Crippen LogP contribution in [0.5, 0.6) is 0 Å². The Morgan fingerprint density at radius 2 is 2.06 bits per heavy atom. The summed E-state index contributed by atoms with van der Waals surface area (Å²) in [6.45, 7) is 11.5. The van der Waals surface area contributed by atoms with Crippen LogP contribution in [0.1, 0.15) is 11.1 Å². The van der Waals surface area contributed by atoms with Crippen molar-refractivity contribution < 1.29 is 0 Å². The van der Waals surface area contributed by atoms with E-state index in [-0.39, 0.29) is 0 Å². The van der Waals surface area contributed by atoms with E-state index in [4.69, 9.17) is 0 Å². The number of hydrogen-bond donors (Lipinski definition) is 1. The van der Waals surface area contributed by atoms with Crippen molar-refractivity contribution in [2.75, 3.05) is 44.2 Å². The lowest BCUT2D eigenvalue weighted by Crippen LogP contribution is -2.61. The van der Waals surface area contributed by atoms with Gasteiger partial charge in [0.1, 0.15) is 0 Å². The maximum atomic E-state index is 3.51. The van der Waals surface area contributed by atoms with Crippen molar-refractivity contribution in [2.45, 2.75) is 19.9 Å². The average molecular weight is 245 g/mol. The van der Waals surface area contributed by atoms with Gasteiger partial charge in [-0.1, -0.05) is 12.1 Å². The van der Waals surface area contributed by atoms with E-state index in [1.165, 1.54) is 36.4 Å². The first-order valence-electron chi connectivity index (χ1n) is 7.01. The van der Waals surface area contributed by atoms with Crippen LogP contribution >= 0.6 is 0 Å². The number of piperazine rings is 2. The third-order valence-electron chi connectivity index (χ3n) is 4.27. The van der Waals surface area contributed by atoms with Crippen LogP contribution in [-0.4, -0.2) is 50.2 Å². The zero-order valence-electron chi connectivity index (χ0n) is 11.4. The Hall–Kier alpha value is -1.06. The van der Waals surface area contributed by atoms with E-state index in [1.807, 2.05) is 0 Å². The smallest absolute Gasteiger partial charge is 0.0399 e. The molecule has 98 valence electrons. The van der Waals surface area contributed by atoms with E-state index in [1.54, 1.807) is 0 Å². The highest BCUT2D eigenvalue weighted by Crippen LogP contribution is 2.24. The van der Waals surface area contributed by atoms with E-state index < -0.39 is 0 Å². The molecule has 3 heteroatoms. The molecule has 0 bridgehead atoms. The second-order valence-electron chi connectivity index (χ2n) is 5.63. The third-order valence-corrected chi connectivity index (χ3v) is 4.27. The van der Waals surface area contributed by atoms with Gasteiger partial charge < -0.3 is 10.2 Å². The Morgan fingerprint density at radius 3 is 2.94 bits per heavy atom. The topological polar surface area (TPSA) is 18.5 Å². The predicted molar refractivity (Wildman–Crippen MR) is 76.4 cm³/mol. The fourth-order valence-electron chi connectivity index (χ4n) is 3.15. The molecule has 0 amide bonds. The molecule has 0 radical (unpaired) electrons. The van der Waals surface area contributed by atoms with Gasteiger partial charge in [0.05, 0.1) is 0 Å². The van der Waals surface area contributed by atoms with Gasteiger partial charge in [0.25, 0.3) is 0 Å². The predicted octanol–water partition coefficient (Wildman–Crippen LogP) is 1.40. The lowest BCUT2D eigenvalue weighted by molar-refractivity contribution is 0.146. The quantitative estimate of drug-likeness (QED) is 0.807. The van der Waals surface area contributed by atoms with Crippen molar-refractivity contribution in [3.63, 3.8) is 0 Å². The van der Waals surface area contributed by atoms with E-state index >= 15 is 0 Å². The van der Waals surface area contributed by atoms with Crippen LogP contribution in [0.2, 0.25) is 0 Å². The molecule has 0 saturated carbocycles. The minimum atomic E-state index is 0.687. The van der Waals surface area contributed by atoms with Crippen molar-refractivity contribution >= 4 is 5.69 Å². The number of anilines is 1. The summed E-state index contributed by atoms with van der Waals surface area (Å²) < 4.78 is 0. The SMILES string of the molecule is Cc1ccc(C)c(N2CCN3CCNCC3C2)c1. The fraction of sp³-hybridized carbons (Fsp3) is 0.600. The monoisotopic (exact) mass is 245 g/mol. The van der Waals surface area contributed by atoms with Gasteiger partial charge in [0.15, 0.2) is 0 Å². The molecule has 1 atom stereocenters. The van der Waals surface area contributed by atoms with Crippen LogP contribution in [0.3, 0.4) is 0 Å². The van der Waals surface area contributed by atoms with Gasteiger partial charge in [-0.15, -0.1) is 0 Å². The molecule has 2 heterocycles. The highest BCUT2D eigenvalue weighted by atomic mass is 15.3. The van der Waals surface area contributed by atoms with E-state index in [0.29, 0.717) is 6.04 Å². The van der Waals surface area contributed by atoms with Crippen LogP contribution in [-0.2, 0) is 0 Å². The highest BCUT2D eigenvalue weighted by Gasteiger charge is 2.29. The zero-order valence-corrected chi connectivity index (χ0v) is 11.4. The number of rotatable bonds is 1. The summed E-state index contributed by atoms with van der Waals surface area (Å²) >= 11 is 0. The summed E-state index contributed by atoms with van der Waals surface area (Å²) in [6, 6.07) is 7.47. The van der Waals surface area contributed by atoms with Gasteiger partial charge in [0, 0.05) is 51.0 Å². The Kier molecular flexibility index (Phi) is 3.27. The molecular formula is C15H23N3. The van der Waals surface area contributed by atoms with Crippen LogP contribution in [0.25, 0.3) is 0 Å². The van der Waals surface area contributed by atoms with Gasteiger partial charge in [-0.2, -0.15) is 0 Å². The fourth-order valence-corrected chi connectivity index (χ4v) is 3.15. The van der Waals surface area contributed by atoms with E-state index in [9.17, 15) is 0 Å². The molecule has 1 aromatic rings. The summed E-state index contributed by atoms with van der Waals surface area (Å²) in [7, 11) is 0. The summed E-state index contributed by atoms with van der Waals surface area (Å²) in [5.41, 5.74) is 4.19. The minimum Gasteiger partial charge on any atom is -0.368 e. The van der Waals surface area contributed by atoms with Crippen molar-refractivity contribution in [1.82, 2.24) is 10.2 Å². The van der Waals surface area contributed by atoms with Gasteiger partial charge in [-0.25, -0.2) is 0 Å². The molecular weight excluding hydrogens is 222 g/mol. The number of aryl methyl sites for hydroxylation is 2. The first kappa shape index (κ1) is 12.0. The normalized spacial score (nSPS) is 25.0. The van der Waals surface area contributed by atoms with Crippen molar-refractivity contribution in [2.24, 2.45) is 0 Å². The van der Waals surface area contributed by atoms with Crippen molar-refractivity contribution in [3.05, 3.63) is 29.3 Å². The van der Waals surface area contributed by atoms with Crippen molar-refractivity contribution in [3.8, 4) is 0 Å². The Bertz CT molecular complexity index is 430. The Labute approximate surface area is 110 Å². The molecule has 2 saturated heterocycles. The zero-order chi connectivity index (χ0) is 12.5. The van der Waals surface area contributed by atoms with E-state index in [2.05, 4.69) is 47.2 Å². The molecule has 1 aromatic carbocycles. The van der Waals surface area contributed by atoms with Gasteiger partial charge >= 0.3 is 0 Å². The average Bonchev–Trinajstić information content (AvgIpc) is 2.41. The van der Waals surface area contributed by atoms with Gasteiger partial charge in [-0.3, -0.25) is 4.90 Å². The minimum absolute atomic E-state index is 0.687. The second kappa shape index (κ2) is 4.90. The number of benzene rings is 1. The largest absolute Gasteiger partial charge is 0.368 e. The number of fused-ring (bicyclic) bond motifs is 1. The second-order valence-corrected chi connectivity index (χ2v) is 5.63. The first-order chi connectivity index (χ1) is 8.74. The molecule has 18 heavy (non-hydrogen) atoms. The van der Waals surface area contributed by atoms with Crippen LogP contribution in [0, 0.1) is 13.8 Å². The van der Waals surface area contributed by atoms with Crippen LogP contribution < -0.4 is 10.2 Å². The molecule has 3 rings (SSSR count). The summed E-state index contributed by atoms with van der Waals surface area (Å²) in [6.07, 6.45) is 0. The molecule has 1 N–H and O–H groups in total. The van der Waals surface area contributed by atoms with Gasteiger partial charge in [0.2, 0.25) is 0 Å². The highest BCUT2D eigenvalue weighted by molar-refractivity contribution is 5.55. The number of nitrogens with one attached hydrogen (secondary N) is 1. The van der Waals surface area contributed by atoms with E-state index in [0.717, 1.165) is 19.6 Å². The maximum absolute atomic E-state index is 3.51. The number of hydrogen-bond acceptors (Lipinski definition) is 3. The molecule has 0 aliphatic carbocycles. The lowest BCUT2D eigenvalue weighted by atomic mass is 10.1. The molecule has 0 spiro atoms. The van der Waals surface area contributed by atoms with Crippen LogP contribution in [0.4, 0.5) is 5.69 Å². The summed E-state index contributed by atoms with van der Waals surface area (Å²) in [4.78, 5) is 5.20. The third kappa shape index (κ3) is 2.25. The standard InChI is InChI=1S/C15H23N3/c1-12-3-4-13(2)15(9-12)18-8-7-17-6-5-16-10-14(17)11-18/h3-4,9,14,16H,5-8,10-11H2,1-2H3. The lowest BCUT2D eigenvalue weighted by Gasteiger charge is -2.45. The molecule has 0 aromatic heterocycles. The summed E-state index contributed by atoms with van der Waals surface area (Å²) in [5.74, 6) is 0. The molecule has 3 nitrogen and oxygen atoms in total. The maximum Gasteiger partial charge on any atom is 0.0399 e. The molecule has 1 unspecified atom stereocenters. The molecule has 2 aliphatic rings. The van der Waals surface area contributed by atoms with Gasteiger partial charge in [-0.05, 0) is 31.0 Å². The Morgan fingerprint density at radius 1 is 1.17 bits per heavy atom. The molecule has 2 fully saturated rings.